The Labute approximate surface area is 159 Å². The van der Waals surface area contributed by atoms with E-state index < -0.39 is 0 Å². The molecule has 3 aliphatic rings. The van der Waals surface area contributed by atoms with E-state index in [1.165, 1.54) is 0 Å². The Balaban J connectivity index is 0.00000196. The lowest BCUT2D eigenvalue weighted by Gasteiger charge is -2.23. The van der Waals surface area contributed by atoms with Gasteiger partial charge >= 0.3 is 0 Å². The number of ether oxygens (including phenoxy) is 1. The number of carbonyl (C=O) groups is 2. The molecule has 2 saturated heterocycles. The van der Waals surface area contributed by atoms with E-state index in [1.54, 1.807) is 0 Å². The van der Waals surface area contributed by atoms with E-state index in [-0.39, 0.29) is 41.7 Å². The number of rotatable bonds is 4. The van der Waals surface area contributed by atoms with Crippen molar-refractivity contribution in [3.63, 3.8) is 0 Å². The fraction of sp³-hybridized carbons (Fsp3) is 0.579. The summed E-state index contributed by atoms with van der Waals surface area (Å²) in [4.78, 5) is 24.5. The van der Waals surface area contributed by atoms with Crippen LogP contribution < -0.4 is 16.0 Å². The van der Waals surface area contributed by atoms with E-state index in [0.29, 0.717) is 6.61 Å². The molecule has 7 heteroatoms. The van der Waals surface area contributed by atoms with Gasteiger partial charge in [0.2, 0.25) is 5.91 Å². The van der Waals surface area contributed by atoms with Gasteiger partial charge in [-0.1, -0.05) is 0 Å². The number of piperidine rings is 1. The third-order valence-corrected chi connectivity index (χ3v) is 5.75. The van der Waals surface area contributed by atoms with E-state index in [0.717, 1.165) is 56.6 Å². The van der Waals surface area contributed by atoms with Gasteiger partial charge in [-0.25, -0.2) is 0 Å². The number of carbonyl (C=O) groups excluding carboxylic acids is 2. The molecule has 0 bridgehead atoms. The molecule has 2 heterocycles. The summed E-state index contributed by atoms with van der Waals surface area (Å²) < 4.78 is 5.38. The van der Waals surface area contributed by atoms with Crippen LogP contribution in [0.25, 0.3) is 0 Å². The van der Waals surface area contributed by atoms with Crippen molar-refractivity contribution in [2.24, 2.45) is 11.3 Å². The second kappa shape index (κ2) is 7.94. The number of halogens is 1. The van der Waals surface area contributed by atoms with Crippen molar-refractivity contribution in [2.75, 3.05) is 30.3 Å². The molecule has 4 rings (SSSR count). The van der Waals surface area contributed by atoms with Crippen LogP contribution in [0.1, 0.15) is 32.1 Å². The first kappa shape index (κ1) is 19.1. The quantitative estimate of drug-likeness (QED) is 0.751. The Bertz CT molecular complexity index is 652. The number of amides is 2. The molecule has 1 saturated carbocycles. The van der Waals surface area contributed by atoms with Crippen LogP contribution in [-0.4, -0.2) is 37.6 Å². The molecule has 1 spiro atoms. The van der Waals surface area contributed by atoms with Crippen LogP contribution in [0.3, 0.4) is 0 Å². The van der Waals surface area contributed by atoms with Crippen molar-refractivity contribution in [1.29, 1.82) is 0 Å². The van der Waals surface area contributed by atoms with Crippen molar-refractivity contribution < 1.29 is 14.3 Å². The fourth-order valence-corrected chi connectivity index (χ4v) is 4.07. The normalized spacial score (nSPS) is 26.0. The number of anilines is 2. The molecule has 1 aliphatic carbocycles. The molecule has 1 aromatic carbocycles. The molecule has 3 N–H and O–H groups in total. The zero-order chi connectivity index (χ0) is 17.3. The third-order valence-electron chi connectivity index (χ3n) is 5.75. The molecule has 1 aromatic rings. The zero-order valence-corrected chi connectivity index (χ0v) is 15.6. The SMILES string of the molecule is Cl.O=C(Nc1ccc(NC(=O)C2CC23CCNCC3)cc1)C1CCCO1. The van der Waals surface area contributed by atoms with Gasteiger partial charge in [0, 0.05) is 23.9 Å². The number of hydrogen-bond acceptors (Lipinski definition) is 4. The lowest BCUT2D eigenvalue weighted by Crippen LogP contribution is -2.31. The number of hydrogen-bond donors (Lipinski definition) is 3. The molecule has 0 aromatic heterocycles. The lowest BCUT2D eigenvalue weighted by atomic mass is 9.92. The molecule has 2 unspecified atom stereocenters. The summed E-state index contributed by atoms with van der Waals surface area (Å²) >= 11 is 0. The summed E-state index contributed by atoms with van der Waals surface area (Å²) in [5.74, 6) is 0.173. The maximum absolute atomic E-state index is 12.5. The van der Waals surface area contributed by atoms with Crippen LogP contribution in [0.5, 0.6) is 0 Å². The van der Waals surface area contributed by atoms with Crippen molar-refractivity contribution in [1.82, 2.24) is 5.32 Å². The van der Waals surface area contributed by atoms with Gasteiger partial charge in [-0.2, -0.15) is 0 Å². The smallest absolute Gasteiger partial charge is 0.253 e. The summed E-state index contributed by atoms with van der Waals surface area (Å²) in [6.45, 7) is 2.69. The average molecular weight is 380 g/mol. The molecule has 26 heavy (non-hydrogen) atoms. The van der Waals surface area contributed by atoms with Gasteiger partial charge in [0.25, 0.3) is 5.91 Å². The van der Waals surface area contributed by atoms with Gasteiger partial charge in [-0.05, 0) is 74.9 Å². The lowest BCUT2D eigenvalue weighted by molar-refractivity contribution is -0.124. The Morgan fingerprint density at radius 2 is 1.65 bits per heavy atom. The molecular weight excluding hydrogens is 354 g/mol. The summed E-state index contributed by atoms with van der Waals surface area (Å²) in [6, 6.07) is 7.30. The van der Waals surface area contributed by atoms with Gasteiger partial charge in [-0.15, -0.1) is 12.4 Å². The van der Waals surface area contributed by atoms with Crippen LogP contribution in [0.15, 0.2) is 24.3 Å². The largest absolute Gasteiger partial charge is 0.368 e. The highest BCUT2D eigenvalue weighted by molar-refractivity contribution is 5.96. The van der Waals surface area contributed by atoms with E-state index in [9.17, 15) is 9.59 Å². The minimum Gasteiger partial charge on any atom is -0.368 e. The highest BCUT2D eigenvalue weighted by Gasteiger charge is 2.57. The maximum atomic E-state index is 12.5. The van der Waals surface area contributed by atoms with Crippen molar-refractivity contribution in [2.45, 2.75) is 38.2 Å². The minimum atomic E-state index is -0.338. The third kappa shape index (κ3) is 4.03. The van der Waals surface area contributed by atoms with Gasteiger partial charge in [0.05, 0.1) is 0 Å². The summed E-state index contributed by atoms with van der Waals surface area (Å²) in [5.41, 5.74) is 1.74. The van der Waals surface area contributed by atoms with Crippen molar-refractivity contribution >= 4 is 35.6 Å². The maximum Gasteiger partial charge on any atom is 0.253 e. The number of benzene rings is 1. The van der Waals surface area contributed by atoms with Crippen LogP contribution in [-0.2, 0) is 14.3 Å². The van der Waals surface area contributed by atoms with Crippen LogP contribution in [0, 0.1) is 11.3 Å². The van der Waals surface area contributed by atoms with Gasteiger partial charge in [-0.3, -0.25) is 9.59 Å². The first-order valence-corrected chi connectivity index (χ1v) is 9.20. The highest BCUT2D eigenvalue weighted by Crippen LogP contribution is 2.58. The predicted octanol–water partition coefficient (Wildman–Crippen LogP) is 2.55. The van der Waals surface area contributed by atoms with Gasteiger partial charge < -0.3 is 20.7 Å². The summed E-state index contributed by atoms with van der Waals surface area (Å²) in [6.07, 6.45) is 4.57. The monoisotopic (exact) mass is 379 g/mol. The molecular formula is C19H26ClN3O3. The minimum absolute atomic E-state index is 0. The van der Waals surface area contributed by atoms with Crippen molar-refractivity contribution in [3.8, 4) is 0 Å². The van der Waals surface area contributed by atoms with E-state index in [4.69, 9.17) is 4.74 Å². The molecule has 2 aliphatic heterocycles. The van der Waals surface area contributed by atoms with Crippen molar-refractivity contribution in [3.05, 3.63) is 24.3 Å². The van der Waals surface area contributed by atoms with Gasteiger partial charge in [0.15, 0.2) is 0 Å². The second-order valence-electron chi connectivity index (χ2n) is 7.43. The van der Waals surface area contributed by atoms with E-state index in [2.05, 4.69) is 16.0 Å². The molecule has 142 valence electrons. The first-order chi connectivity index (χ1) is 12.2. The topological polar surface area (TPSA) is 79.5 Å². The number of nitrogens with one attached hydrogen (secondary N) is 3. The van der Waals surface area contributed by atoms with Gasteiger partial charge in [0.1, 0.15) is 6.10 Å². The van der Waals surface area contributed by atoms with Crippen LogP contribution in [0.4, 0.5) is 11.4 Å². The predicted molar refractivity (Wildman–Crippen MR) is 103 cm³/mol. The summed E-state index contributed by atoms with van der Waals surface area (Å²) in [7, 11) is 0. The summed E-state index contributed by atoms with van der Waals surface area (Å²) in [5, 5.41) is 9.23. The first-order valence-electron chi connectivity index (χ1n) is 9.20. The zero-order valence-electron chi connectivity index (χ0n) is 14.8. The molecule has 0 radical (unpaired) electrons. The molecule has 3 fully saturated rings. The fourth-order valence-electron chi connectivity index (χ4n) is 4.07. The van der Waals surface area contributed by atoms with E-state index >= 15 is 0 Å². The molecule has 2 atom stereocenters. The Kier molecular flexibility index (Phi) is 5.85. The Morgan fingerprint density at radius 3 is 2.23 bits per heavy atom. The van der Waals surface area contributed by atoms with Crippen LogP contribution >= 0.6 is 12.4 Å². The Morgan fingerprint density at radius 1 is 1.04 bits per heavy atom. The van der Waals surface area contributed by atoms with E-state index in [1.807, 2.05) is 24.3 Å². The molecule has 6 nitrogen and oxygen atoms in total. The average Bonchev–Trinajstić information content (AvgIpc) is 3.07. The standard InChI is InChI=1S/C19H25N3O3.ClH/c23-17(15-12-19(15)7-9-20-10-8-19)21-13-3-5-14(6-4-13)22-18(24)16-2-1-11-25-16;/h3-6,15-16,20H,1-2,7-12H2,(H,21,23)(H,22,24);1H. The van der Waals surface area contributed by atoms with Crippen LogP contribution in [0.2, 0.25) is 0 Å². The Hall–Kier alpha value is -1.63. The molecule has 2 amide bonds. The highest BCUT2D eigenvalue weighted by atomic mass is 35.5. The second-order valence-corrected chi connectivity index (χ2v) is 7.43.